The standard InChI is InChI=1S/C19H24N2O3/c1-13-7-6-8-15-17(13)14(12-20-15)11-16(22)21(2)19(18(23)24)9-4-3-5-10-19/h6-8,12,20H,3-5,9-11H2,1-2H3,(H,23,24). The maximum Gasteiger partial charge on any atom is 0.329 e. The molecule has 0 spiro atoms. The fourth-order valence-corrected chi connectivity index (χ4v) is 3.94. The van der Waals surface area contributed by atoms with Gasteiger partial charge in [-0.25, -0.2) is 4.79 Å². The summed E-state index contributed by atoms with van der Waals surface area (Å²) in [7, 11) is 1.64. The van der Waals surface area contributed by atoms with Crippen molar-refractivity contribution < 1.29 is 14.7 Å². The molecule has 1 aromatic carbocycles. The molecule has 3 rings (SSSR count). The molecule has 0 saturated heterocycles. The third kappa shape index (κ3) is 2.68. The van der Waals surface area contributed by atoms with Gasteiger partial charge in [0.05, 0.1) is 6.42 Å². The lowest BCUT2D eigenvalue weighted by molar-refractivity contribution is -0.160. The quantitative estimate of drug-likeness (QED) is 0.904. The molecule has 128 valence electrons. The van der Waals surface area contributed by atoms with Crippen LogP contribution >= 0.6 is 0 Å². The van der Waals surface area contributed by atoms with Gasteiger partial charge in [-0.05, 0) is 37.0 Å². The molecule has 1 aromatic heterocycles. The maximum atomic E-state index is 12.8. The van der Waals surface area contributed by atoms with E-state index in [2.05, 4.69) is 4.98 Å². The lowest BCUT2D eigenvalue weighted by Crippen LogP contribution is -2.56. The number of likely N-dealkylation sites (N-methyl/N-ethyl adjacent to an activating group) is 1. The van der Waals surface area contributed by atoms with Crippen LogP contribution < -0.4 is 0 Å². The number of carboxylic acids is 1. The van der Waals surface area contributed by atoms with Gasteiger partial charge in [-0.2, -0.15) is 0 Å². The highest BCUT2D eigenvalue weighted by Gasteiger charge is 2.45. The van der Waals surface area contributed by atoms with Crippen LogP contribution in [0.2, 0.25) is 0 Å². The first kappa shape index (κ1) is 16.6. The van der Waals surface area contributed by atoms with Crippen molar-refractivity contribution in [2.45, 2.75) is 51.0 Å². The van der Waals surface area contributed by atoms with Crippen molar-refractivity contribution in [3.05, 3.63) is 35.5 Å². The molecule has 0 bridgehead atoms. The fourth-order valence-electron chi connectivity index (χ4n) is 3.94. The summed E-state index contributed by atoms with van der Waals surface area (Å²) in [6.07, 6.45) is 5.91. The van der Waals surface area contributed by atoms with Gasteiger partial charge in [0.1, 0.15) is 5.54 Å². The first-order chi connectivity index (χ1) is 11.5. The van der Waals surface area contributed by atoms with E-state index in [0.29, 0.717) is 12.8 Å². The number of aromatic amines is 1. The molecule has 1 aliphatic carbocycles. The largest absolute Gasteiger partial charge is 0.479 e. The van der Waals surface area contributed by atoms with Gasteiger partial charge in [0, 0.05) is 24.1 Å². The van der Waals surface area contributed by atoms with Gasteiger partial charge in [-0.1, -0.05) is 31.4 Å². The minimum Gasteiger partial charge on any atom is -0.479 e. The number of aromatic nitrogens is 1. The normalized spacial score (nSPS) is 16.9. The van der Waals surface area contributed by atoms with E-state index in [4.69, 9.17) is 0 Å². The van der Waals surface area contributed by atoms with Crippen LogP contribution in [-0.4, -0.2) is 39.5 Å². The number of carbonyl (C=O) groups excluding carboxylic acids is 1. The van der Waals surface area contributed by atoms with Crippen LogP contribution in [0.1, 0.15) is 43.2 Å². The van der Waals surface area contributed by atoms with Crippen LogP contribution in [0.15, 0.2) is 24.4 Å². The molecule has 1 aliphatic rings. The molecular formula is C19H24N2O3. The van der Waals surface area contributed by atoms with Crippen molar-refractivity contribution in [3.63, 3.8) is 0 Å². The van der Waals surface area contributed by atoms with Crippen molar-refractivity contribution in [2.24, 2.45) is 0 Å². The average Bonchev–Trinajstić information content (AvgIpc) is 2.99. The Morgan fingerprint density at radius 2 is 1.96 bits per heavy atom. The molecule has 1 heterocycles. The zero-order valence-corrected chi connectivity index (χ0v) is 14.3. The van der Waals surface area contributed by atoms with Gasteiger partial charge >= 0.3 is 5.97 Å². The summed E-state index contributed by atoms with van der Waals surface area (Å²) < 4.78 is 0. The van der Waals surface area contributed by atoms with Crippen molar-refractivity contribution in [2.75, 3.05) is 7.05 Å². The minimum atomic E-state index is -1.05. The summed E-state index contributed by atoms with van der Waals surface area (Å²) in [5, 5.41) is 10.8. The number of benzene rings is 1. The van der Waals surface area contributed by atoms with Crippen LogP contribution in [0.4, 0.5) is 0 Å². The lowest BCUT2D eigenvalue weighted by atomic mass is 9.80. The van der Waals surface area contributed by atoms with E-state index in [1.807, 2.05) is 31.3 Å². The van der Waals surface area contributed by atoms with E-state index in [9.17, 15) is 14.7 Å². The van der Waals surface area contributed by atoms with E-state index in [1.54, 1.807) is 7.05 Å². The summed E-state index contributed by atoms with van der Waals surface area (Å²) >= 11 is 0. The second-order valence-electron chi connectivity index (χ2n) is 6.84. The number of hydrogen-bond donors (Lipinski definition) is 2. The Morgan fingerprint density at radius 3 is 2.62 bits per heavy atom. The summed E-state index contributed by atoms with van der Waals surface area (Å²) in [5.41, 5.74) is 2.00. The van der Waals surface area contributed by atoms with Gasteiger partial charge in [-0.15, -0.1) is 0 Å². The molecule has 2 N–H and O–H groups in total. The van der Waals surface area contributed by atoms with E-state index in [1.165, 1.54) is 4.90 Å². The Kier molecular flexibility index (Phi) is 4.35. The number of aryl methyl sites for hydroxylation is 1. The molecule has 1 amide bonds. The number of fused-ring (bicyclic) bond motifs is 1. The Hall–Kier alpha value is -2.30. The van der Waals surface area contributed by atoms with Crippen molar-refractivity contribution in [1.29, 1.82) is 0 Å². The number of carbonyl (C=O) groups is 2. The van der Waals surface area contributed by atoms with Crippen molar-refractivity contribution in [3.8, 4) is 0 Å². The number of rotatable bonds is 4. The van der Waals surface area contributed by atoms with Crippen LogP contribution in [-0.2, 0) is 16.0 Å². The highest BCUT2D eigenvalue weighted by atomic mass is 16.4. The number of carboxylic acid groups (broad SMARTS) is 1. The molecule has 0 aliphatic heterocycles. The molecule has 0 unspecified atom stereocenters. The number of nitrogens with zero attached hydrogens (tertiary/aromatic N) is 1. The molecule has 24 heavy (non-hydrogen) atoms. The topological polar surface area (TPSA) is 73.4 Å². The molecule has 1 fully saturated rings. The molecular weight excluding hydrogens is 304 g/mol. The Labute approximate surface area is 141 Å². The van der Waals surface area contributed by atoms with Crippen LogP contribution in [0.5, 0.6) is 0 Å². The number of aliphatic carboxylic acids is 1. The molecule has 5 nitrogen and oxygen atoms in total. The number of nitrogens with one attached hydrogen (secondary N) is 1. The van der Waals surface area contributed by atoms with E-state index in [0.717, 1.165) is 41.3 Å². The Bertz CT molecular complexity index is 772. The average molecular weight is 328 g/mol. The summed E-state index contributed by atoms with van der Waals surface area (Å²) in [5.74, 6) is -1.02. The fraction of sp³-hybridized carbons (Fsp3) is 0.474. The molecule has 0 atom stereocenters. The summed E-state index contributed by atoms with van der Waals surface area (Å²) in [4.78, 5) is 29.4. The Balaban J connectivity index is 1.86. The molecule has 0 radical (unpaired) electrons. The van der Waals surface area contributed by atoms with E-state index >= 15 is 0 Å². The predicted molar refractivity (Wildman–Crippen MR) is 93.0 cm³/mol. The van der Waals surface area contributed by atoms with Crippen LogP contribution in [0.25, 0.3) is 10.9 Å². The third-order valence-electron chi connectivity index (χ3n) is 5.43. The zero-order chi connectivity index (χ0) is 17.3. The summed E-state index contributed by atoms with van der Waals surface area (Å²) in [6.45, 7) is 2.02. The van der Waals surface area contributed by atoms with Crippen molar-refractivity contribution >= 4 is 22.8 Å². The highest BCUT2D eigenvalue weighted by molar-refractivity contribution is 5.93. The van der Waals surface area contributed by atoms with Gasteiger partial charge < -0.3 is 15.0 Å². The number of amides is 1. The van der Waals surface area contributed by atoms with Crippen LogP contribution in [0.3, 0.4) is 0 Å². The first-order valence-electron chi connectivity index (χ1n) is 8.51. The molecule has 5 heteroatoms. The predicted octanol–water partition coefficient (Wildman–Crippen LogP) is 3.26. The number of H-pyrrole nitrogens is 1. The summed E-state index contributed by atoms with van der Waals surface area (Å²) in [6, 6.07) is 5.99. The van der Waals surface area contributed by atoms with Crippen LogP contribution in [0, 0.1) is 6.92 Å². The smallest absolute Gasteiger partial charge is 0.329 e. The zero-order valence-electron chi connectivity index (χ0n) is 14.3. The second kappa shape index (κ2) is 6.30. The second-order valence-corrected chi connectivity index (χ2v) is 6.84. The van der Waals surface area contributed by atoms with E-state index < -0.39 is 11.5 Å². The van der Waals surface area contributed by atoms with Crippen molar-refractivity contribution in [1.82, 2.24) is 9.88 Å². The Morgan fingerprint density at radius 1 is 1.25 bits per heavy atom. The van der Waals surface area contributed by atoms with E-state index in [-0.39, 0.29) is 12.3 Å². The SMILES string of the molecule is Cc1cccc2[nH]cc(CC(=O)N(C)C3(C(=O)O)CCCCC3)c12. The first-order valence-corrected chi connectivity index (χ1v) is 8.51. The number of hydrogen-bond acceptors (Lipinski definition) is 2. The molecule has 1 saturated carbocycles. The molecule has 2 aromatic rings. The van der Waals surface area contributed by atoms with Gasteiger partial charge in [0.15, 0.2) is 0 Å². The minimum absolute atomic E-state index is 0.136. The lowest BCUT2D eigenvalue weighted by Gasteiger charge is -2.41. The highest BCUT2D eigenvalue weighted by Crippen LogP contribution is 2.34. The van der Waals surface area contributed by atoms with Gasteiger partial charge in [-0.3, -0.25) is 4.79 Å². The van der Waals surface area contributed by atoms with Gasteiger partial charge in [0.25, 0.3) is 0 Å². The van der Waals surface area contributed by atoms with Gasteiger partial charge in [0.2, 0.25) is 5.91 Å². The monoisotopic (exact) mass is 328 g/mol. The maximum absolute atomic E-state index is 12.8. The third-order valence-corrected chi connectivity index (χ3v) is 5.43.